The largest absolute Gasteiger partial charge is 0.383 e. The minimum absolute atomic E-state index is 0.215. The van der Waals surface area contributed by atoms with Gasteiger partial charge in [0, 0.05) is 24.6 Å². The average molecular weight is 371 g/mol. The monoisotopic (exact) mass is 370 g/mol. The normalized spacial score (nSPS) is 13.7. The van der Waals surface area contributed by atoms with E-state index < -0.39 is 10.0 Å². The van der Waals surface area contributed by atoms with Gasteiger partial charge < -0.3 is 10.5 Å². The van der Waals surface area contributed by atoms with Crippen molar-refractivity contribution in [3.05, 3.63) is 14.7 Å². The summed E-state index contributed by atoms with van der Waals surface area (Å²) in [6, 6.07) is 1.39. The molecule has 0 aliphatic heterocycles. The Kier molecular flexibility index (Phi) is 6.92. The summed E-state index contributed by atoms with van der Waals surface area (Å²) in [6.07, 6.45) is 1.62. The van der Waals surface area contributed by atoms with Gasteiger partial charge in [-0.3, -0.25) is 0 Å². The van der Waals surface area contributed by atoms with Gasteiger partial charge in [0.25, 0.3) is 0 Å². The van der Waals surface area contributed by atoms with Crippen LogP contribution in [0.15, 0.2) is 14.7 Å². The van der Waals surface area contributed by atoms with Crippen molar-refractivity contribution in [2.45, 2.75) is 37.2 Å². The van der Waals surface area contributed by atoms with Crippen LogP contribution in [0.25, 0.3) is 0 Å². The lowest BCUT2D eigenvalue weighted by molar-refractivity contribution is 0.171. The van der Waals surface area contributed by atoms with E-state index >= 15 is 0 Å². The Morgan fingerprint density at radius 2 is 2.26 bits per heavy atom. The van der Waals surface area contributed by atoms with Gasteiger partial charge in [-0.15, -0.1) is 11.3 Å². The third kappa shape index (κ3) is 4.80. The van der Waals surface area contributed by atoms with E-state index in [2.05, 4.69) is 20.7 Å². The van der Waals surface area contributed by atoms with Crippen molar-refractivity contribution in [2.75, 3.05) is 13.7 Å². The molecule has 5 nitrogen and oxygen atoms in total. The summed E-state index contributed by atoms with van der Waals surface area (Å²) in [4.78, 5) is 1.07. The van der Waals surface area contributed by atoms with Crippen molar-refractivity contribution in [2.24, 2.45) is 5.73 Å². The third-order valence-corrected chi connectivity index (χ3v) is 6.32. The summed E-state index contributed by atoms with van der Waals surface area (Å²) >= 11 is 4.61. The van der Waals surface area contributed by atoms with Gasteiger partial charge in [0.2, 0.25) is 10.0 Å². The molecule has 0 aromatic carbocycles. The fourth-order valence-electron chi connectivity index (χ4n) is 1.69. The van der Waals surface area contributed by atoms with Gasteiger partial charge in [0.05, 0.1) is 10.4 Å². The summed E-state index contributed by atoms with van der Waals surface area (Å²) in [7, 11) is -1.99. The highest BCUT2D eigenvalue weighted by molar-refractivity contribution is 9.11. The van der Waals surface area contributed by atoms with E-state index in [0.717, 1.165) is 17.7 Å². The van der Waals surface area contributed by atoms with Crippen LogP contribution in [0.2, 0.25) is 0 Å². The molecule has 1 heterocycles. The van der Waals surface area contributed by atoms with Gasteiger partial charge in [0.15, 0.2) is 0 Å². The SMILES string of the molecule is CCCC(COC)NS(=O)(=O)c1cc(CN)sc1Br. The van der Waals surface area contributed by atoms with Crippen molar-refractivity contribution in [1.82, 2.24) is 4.72 Å². The summed E-state index contributed by atoms with van der Waals surface area (Å²) in [5.41, 5.74) is 5.53. The third-order valence-electron chi connectivity index (χ3n) is 2.52. The number of methoxy groups -OCH3 is 1. The van der Waals surface area contributed by atoms with E-state index in [9.17, 15) is 8.42 Å². The Hall–Kier alpha value is 0.01000. The van der Waals surface area contributed by atoms with Crippen molar-refractivity contribution < 1.29 is 13.2 Å². The number of nitrogens with two attached hydrogens (primary N) is 1. The molecule has 110 valence electrons. The maximum Gasteiger partial charge on any atom is 0.242 e. The van der Waals surface area contributed by atoms with Crippen LogP contribution < -0.4 is 10.5 Å². The Morgan fingerprint density at radius 3 is 2.74 bits per heavy atom. The second-order valence-electron chi connectivity index (χ2n) is 4.12. The molecule has 1 aromatic heterocycles. The number of hydrogen-bond donors (Lipinski definition) is 2. The van der Waals surface area contributed by atoms with Crippen molar-refractivity contribution in [3.8, 4) is 0 Å². The number of hydrogen-bond acceptors (Lipinski definition) is 5. The van der Waals surface area contributed by atoms with E-state index in [-0.39, 0.29) is 10.9 Å². The zero-order chi connectivity index (χ0) is 14.5. The van der Waals surface area contributed by atoms with Crippen molar-refractivity contribution >= 4 is 37.3 Å². The molecule has 3 N–H and O–H groups in total. The molecule has 0 bridgehead atoms. The Morgan fingerprint density at radius 1 is 1.58 bits per heavy atom. The minimum Gasteiger partial charge on any atom is -0.383 e. The predicted molar refractivity (Wildman–Crippen MR) is 80.8 cm³/mol. The van der Waals surface area contributed by atoms with Gasteiger partial charge >= 0.3 is 0 Å². The van der Waals surface area contributed by atoms with Gasteiger partial charge in [-0.2, -0.15) is 0 Å². The first kappa shape index (κ1) is 17.1. The van der Waals surface area contributed by atoms with Crippen LogP contribution in [-0.4, -0.2) is 28.2 Å². The van der Waals surface area contributed by atoms with Crippen LogP contribution in [0.5, 0.6) is 0 Å². The van der Waals surface area contributed by atoms with E-state index in [1.807, 2.05) is 6.92 Å². The van der Waals surface area contributed by atoms with Gasteiger partial charge in [0.1, 0.15) is 4.90 Å². The standard InChI is InChI=1S/C11H19BrN2O3S2/c1-3-4-8(7-17-2)14-19(15,16)10-5-9(6-13)18-11(10)12/h5,8,14H,3-4,6-7,13H2,1-2H3. The number of halogens is 1. The molecule has 1 rings (SSSR count). The molecule has 0 saturated heterocycles. The van der Waals surface area contributed by atoms with E-state index in [4.69, 9.17) is 10.5 Å². The zero-order valence-corrected chi connectivity index (χ0v) is 14.2. The van der Waals surface area contributed by atoms with Gasteiger partial charge in [-0.1, -0.05) is 13.3 Å². The maximum atomic E-state index is 12.3. The molecule has 0 amide bonds. The molecule has 1 aromatic rings. The van der Waals surface area contributed by atoms with Crippen molar-refractivity contribution in [3.63, 3.8) is 0 Å². The summed E-state index contributed by atoms with van der Waals surface area (Å²) in [6.45, 7) is 2.69. The van der Waals surface area contributed by atoms with Gasteiger partial charge in [-0.05, 0) is 28.4 Å². The number of nitrogens with one attached hydrogen (secondary N) is 1. The quantitative estimate of drug-likeness (QED) is 0.733. The zero-order valence-electron chi connectivity index (χ0n) is 11.0. The molecule has 0 fully saturated rings. The minimum atomic E-state index is -3.55. The van der Waals surface area contributed by atoms with E-state index in [0.29, 0.717) is 16.9 Å². The molecule has 8 heteroatoms. The van der Waals surface area contributed by atoms with Gasteiger partial charge in [-0.25, -0.2) is 13.1 Å². The number of ether oxygens (including phenoxy) is 1. The molecule has 0 radical (unpaired) electrons. The topological polar surface area (TPSA) is 81.4 Å². The molecule has 0 saturated carbocycles. The lowest BCUT2D eigenvalue weighted by Crippen LogP contribution is -2.37. The van der Waals surface area contributed by atoms with Crippen LogP contribution >= 0.6 is 27.3 Å². The number of rotatable bonds is 8. The highest BCUT2D eigenvalue weighted by Gasteiger charge is 2.24. The summed E-state index contributed by atoms with van der Waals surface area (Å²) in [5.74, 6) is 0. The molecule has 1 atom stereocenters. The Labute approximate surface area is 126 Å². The second-order valence-corrected chi connectivity index (χ2v) is 8.25. The van der Waals surface area contributed by atoms with E-state index in [1.165, 1.54) is 11.3 Å². The Balaban J connectivity index is 2.92. The molecule has 19 heavy (non-hydrogen) atoms. The second kappa shape index (κ2) is 7.70. The first-order valence-electron chi connectivity index (χ1n) is 5.94. The predicted octanol–water partition coefficient (Wildman–Crippen LogP) is 2.06. The molecule has 0 aliphatic carbocycles. The van der Waals surface area contributed by atoms with Crippen LogP contribution in [0.3, 0.4) is 0 Å². The maximum absolute atomic E-state index is 12.3. The van der Waals surface area contributed by atoms with Crippen LogP contribution in [0, 0.1) is 0 Å². The van der Waals surface area contributed by atoms with E-state index in [1.54, 1.807) is 13.2 Å². The molecular weight excluding hydrogens is 352 g/mol. The van der Waals surface area contributed by atoms with Crippen LogP contribution in [-0.2, 0) is 21.3 Å². The number of sulfonamides is 1. The van der Waals surface area contributed by atoms with Crippen LogP contribution in [0.1, 0.15) is 24.6 Å². The number of thiophene rings is 1. The smallest absolute Gasteiger partial charge is 0.242 e. The Bertz CT molecular complexity index is 496. The average Bonchev–Trinajstić information content (AvgIpc) is 2.71. The molecule has 0 aliphatic rings. The summed E-state index contributed by atoms with van der Waals surface area (Å²) < 4.78 is 32.9. The molecular formula is C11H19BrN2O3S2. The van der Waals surface area contributed by atoms with Crippen molar-refractivity contribution in [1.29, 1.82) is 0 Å². The lowest BCUT2D eigenvalue weighted by Gasteiger charge is -2.16. The highest BCUT2D eigenvalue weighted by Crippen LogP contribution is 2.31. The van der Waals surface area contributed by atoms with Crippen LogP contribution in [0.4, 0.5) is 0 Å². The summed E-state index contributed by atoms with van der Waals surface area (Å²) in [5, 5.41) is 0. The first-order chi connectivity index (χ1) is 8.94. The molecule has 1 unspecified atom stereocenters. The highest BCUT2D eigenvalue weighted by atomic mass is 79.9. The lowest BCUT2D eigenvalue weighted by atomic mass is 10.2. The fourth-order valence-corrected chi connectivity index (χ4v) is 5.51. The molecule has 0 spiro atoms. The first-order valence-corrected chi connectivity index (χ1v) is 9.03. The fraction of sp³-hybridized carbons (Fsp3) is 0.636.